The third kappa shape index (κ3) is 5.96. The second kappa shape index (κ2) is 12.0. The molecular formula is C28H30O15. The van der Waals surface area contributed by atoms with E-state index in [1.54, 1.807) is 0 Å². The Bertz CT molecular complexity index is 1540. The molecule has 9 atom stereocenters. The summed E-state index contributed by atoms with van der Waals surface area (Å²) in [5.74, 6) is -2.26. The Kier molecular flexibility index (Phi) is 8.49. The van der Waals surface area contributed by atoms with E-state index in [9.17, 15) is 45.3 Å². The molecule has 0 amide bonds. The Balaban J connectivity index is 1.54. The van der Waals surface area contributed by atoms with E-state index < -0.39 is 84.8 Å². The van der Waals surface area contributed by atoms with Gasteiger partial charge in [-0.2, -0.15) is 0 Å². The molecule has 2 aromatic carbocycles. The van der Waals surface area contributed by atoms with Crippen LogP contribution in [0.15, 0.2) is 45.6 Å². The average Bonchev–Trinajstić information content (AvgIpc) is 3.23. The number of esters is 1. The molecular weight excluding hydrogens is 576 g/mol. The predicted molar refractivity (Wildman–Crippen MR) is 142 cm³/mol. The minimum atomic E-state index is -1.68. The number of carbonyl (C=O) groups is 1. The van der Waals surface area contributed by atoms with Crippen LogP contribution in [0.2, 0.25) is 0 Å². The highest BCUT2D eigenvalue weighted by Gasteiger charge is 2.46. The number of carbonyl (C=O) groups excluding carboxylic acids is 1. The van der Waals surface area contributed by atoms with Crippen LogP contribution in [-0.4, -0.2) is 104 Å². The van der Waals surface area contributed by atoms with Crippen molar-refractivity contribution in [2.24, 2.45) is 0 Å². The number of rotatable bonds is 7. The van der Waals surface area contributed by atoms with Crippen LogP contribution in [-0.2, 0) is 19.0 Å². The lowest BCUT2D eigenvalue weighted by atomic mass is 10.00. The first-order valence-corrected chi connectivity index (χ1v) is 13.2. The van der Waals surface area contributed by atoms with Gasteiger partial charge in [0.15, 0.2) is 5.76 Å². The Hall–Kier alpha value is -3.96. The molecule has 0 aliphatic carbocycles. The fourth-order valence-corrected chi connectivity index (χ4v) is 4.75. The SMILES string of the molecule is CC(=O)OC[C@@H]1O[C@@H](Oc2c(-c3ccc(O)cc3)oc3cc(O[C@@H]4O[C@@H](C)[C@H](O)[C@@H](O)[C@H]4O)cc(O)c3c2=O)[C@H](O)[C@@H]1O. The molecule has 2 aliphatic rings. The summed E-state index contributed by atoms with van der Waals surface area (Å²) < 4.78 is 33.1. The molecule has 3 heterocycles. The van der Waals surface area contributed by atoms with Crippen LogP contribution in [0.3, 0.4) is 0 Å². The first-order chi connectivity index (χ1) is 20.3. The normalized spacial score (nSPS) is 30.7. The van der Waals surface area contributed by atoms with Crippen molar-refractivity contribution in [3.8, 4) is 34.3 Å². The van der Waals surface area contributed by atoms with Gasteiger partial charge in [-0.25, -0.2) is 0 Å². The van der Waals surface area contributed by atoms with Crippen molar-refractivity contribution in [2.45, 2.75) is 69.2 Å². The molecule has 5 rings (SSSR count). The van der Waals surface area contributed by atoms with Gasteiger partial charge in [0, 0.05) is 24.6 Å². The monoisotopic (exact) mass is 606 g/mol. The maximum atomic E-state index is 13.7. The van der Waals surface area contributed by atoms with Gasteiger partial charge in [0.1, 0.15) is 71.4 Å². The lowest BCUT2D eigenvalue weighted by Gasteiger charge is -2.38. The maximum absolute atomic E-state index is 13.7. The summed E-state index contributed by atoms with van der Waals surface area (Å²) in [5, 5.41) is 71.5. The number of aliphatic hydroxyl groups is 5. The molecule has 0 unspecified atom stereocenters. The summed E-state index contributed by atoms with van der Waals surface area (Å²) in [7, 11) is 0. The Morgan fingerprint density at radius 1 is 0.860 bits per heavy atom. The molecule has 0 spiro atoms. The number of benzene rings is 2. The number of aliphatic hydroxyl groups excluding tert-OH is 5. The van der Waals surface area contributed by atoms with E-state index in [1.807, 2.05) is 0 Å². The first kappa shape index (κ1) is 30.5. The zero-order chi connectivity index (χ0) is 31.2. The number of phenolic OH excluding ortho intramolecular Hbond substituents is 2. The number of phenols is 2. The number of fused-ring (bicyclic) bond motifs is 1. The average molecular weight is 607 g/mol. The van der Waals surface area contributed by atoms with Crippen LogP contribution in [0, 0.1) is 0 Å². The smallest absolute Gasteiger partial charge is 0.302 e. The first-order valence-electron chi connectivity index (χ1n) is 13.2. The Labute approximate surface area is 242 Å². The van der Waals surface area contributed by atoms with E-state index in [-0.39, 0.29) is 33.8 Å². The Morgan fingerprint density at radius 2 is 1.51 bits per heavy atom. The van der Waals surface area contributed by atoms with Gasteiger partial charge >= 0.3 is 5.97 Å². The Morgan fingerprint density at radius 3 is 2.19 bits per heavy atom. The molecule has 0 bridgehead atoms. The summed E-state index contributed by atoms with van der Waals surface area (Å²) in [6.45, 7) is 2.21. The van der Waals surface area contributed by atoms with E-state index in [2.05, 4.69) is 0 Å². The van der Waals surface area contributed by atoms with Crippen molar-refractivity contribution in [1.29, 1.82) is 0 Å². The summed E-state index contributed by atoms with van der Waals surface area (Å²) in [5.41, 5.74) is -0.905. The number of hydrogen-bond donors (Lipinski definition) is 7. The molecule has 2 fully saturated rings. The molecule has 2 saturated heterocycles. The highest BCUT2D eigenvalue weighted by atomic mass is 16.7. The topological polar surface area (TPSA) is 235 Å². The van der Waals surface area contributed by atoms with Crippen LogP contribution in [0.25, 0.3) is 22.3 Å². The third-order valence-electron chi connectivity index (χ3n) is 7.10. The fraction of sp³-hybridized carbons (Fsp3) is 0.429. The van der Waals surface area contributed by atoms with E-state index >= 15 is 0 Å². The van der Waals surface area contributed by atoms with Gasteiger partial charge in [0.2, 0.25) is 23.8 Å². The van der Waals surface area contributed by atoms with Crippen molar-refractivity contribution in [1.82, 2.24) is 0 Å². The molecule has 0 saturated carbocycles. The van der Waals surface area contributed by atoms with Crippen molar-refractivity contribution in [3.05, 3.63) is 46.6 Å². The summed E-state index contributed by atoms with van der Waals surface area (Å²) in [4.78, 5) is 24.9. The number of hydrogen-bond acceptors (Lipinski definition) is 15. The van der Waals surface area contributed by atoms with Crippen molar-refractivity contribution in [2.75, 3.05) is 6.61 Å². The van der Waals surface area contributed by atoms with Crippen LogP contribution in [0.5, 0.6) is 23.0 Å². The van der Waals surface area contributed by atoms with E-state index in [4.69, 9.17) is 28.1 Å². The van der Waals surface area contributed by atoms with E-state index in [0.717, 1.165) is 13.0 Å². The van der Waals surface area contributed by atoms with Gasteiger partial charge in [0.05, 0.1) is 6.10 Å². The standard InChI is InChI=1S/C28H30O15/c1-10-19(32)22(35)24(37)27(39-10)40-14-7-15(31)18-16(8-14)41-25(12-3-5-13(30)6-4-12)26(21(18)34)43-28-23(36)20(33)17(42-28)9-38-11(2)29/h3-8,10,17,19-20,22-24,27-28,30-33,35-37H,9H2,1-2H3/t10-,17-,19-,20+,22+,23+,24+,27-,28-/m0/s1. The third-order valence-corrected chi connectivity index (χ3v) is 7.10. The van der Waals surface area contributed by atoms with E-state index in [1.165, 1.54) is 37.3 Å². The molecule has 3 aromatic rings. The van der Waals surface area contributed by atoms with E-state index in [0.29, 0.717) is 0 Å². The molecule has 0 radical (unpaired) electrons. The van der Waals surface area contributed by atoms with Gasteiger partial charge in [-0.3, -0.25) is 9.59 Å². The molecule has 2 aliphatic heterocycles. The molecule has 15 heteroatoms. The van der Waals surface area contributed by atoms with Crippen molar-refractivity contribution in [3.63, 3.8) is 0 Å². The van der Waals surface area contributed by atoms with Crippen LogP contribution in [0.4, 0.5) is 0 Å². The molecule has 15 nitrogen and oxygen atoms in total. The van der Waals surface area contributed by atoms with Gasteiger partial charge in [-0.05, 0) is 31.2 Å². The summed E-state index contributed by atoms with van der Waals surface area (Å²) >= 11 is 0. The van der Waals surface area contributed by atoms with Gasteiger partial charge in [-0.15, -0.1) is 0 Å². The molecule has 7 N–H and O–H groups in total. The highest BCUT2D eigenvalue weighted by Crippen LogP contribution is 2.38. The largest absolute Gasteiger partial charge is 0.508 e. The zero-order valence-electron chi connectivity index (χ0n) is 22.8. The van der Waals surface area contributed by atoms with Gasteiger partial charge < -0.3 is 63.8 Å². The van der Waals surface area contributed by atoms with Crippen LogP contribution < -0.4 is 14.9 Å². The number of aromatic hydroxyl groups is 2. The predicted octanol–water partition coefficient (Wildman–Crippen LogP) is -0.534. The summed E-state index contributed by atoms with van der Waals surface area (Å²) in [6, 6.07) is 7.66. The quantitative estimate of drug-likeness (QED) is 0.167. The zero-order valence-corrected chi connectivity index (χ0v) is 22.8. The van der Waals surface area contributed by atoms with Crippen LogP contribution >= 0.6 is 0 Å². The molecule has 232 valence electrons. The second-order valence-electron chi connectivity index (χ2n) is 10.2. The lowest BCUT2D eigenvalue weighted by molar-refractivity contribution is -0.268. The van der Waals surface area contributed by atoms with Gasteiger partial charge in [-0.1, -0.05) is 0 Å². The fourth-order valence-electron chi connectivity index (χ4n) is 4.75. The molecule has 1 aromatic heterocycles. The molecule has 43 heavy (non-hydrogen) atoms. The number of ether oxygens (including phenoxy) is 5. The highest BCUT2D eigenvalue weighted by molar-refractivity contribution is 5.88. The van der Waals surface area contributed by atoms with Crippen molar-refractivity contribution < 1.29 is 68.6 Å². The minimum Gasteiger partial charge on any atom is -0.508 e. The van der Waals surface area contributed by atoms with Crippen LogP contribution in [0.1, 0.15) is 13.8 Å². The lowest BCUT2D eigenvalue weighted by Crippen LogP contribution is -2.58. The summed E-state index contributed by atoms with van der Waals surface area (Å²) in [6.07, 6.45) is -13.0. The minimum absolute atomic E-state index is 0.0961. The maximum Gasteiger partial charge on any atom is 0.302 e. The second-order valence-corrected chi connectivity index (χ2v) is 10.2. The van der Waals surface area contributed by atoms with Crippen molar-refractivity contribution >= 4 is 16.9 Å². The van der Waals surface area contributed by atoms with Gasteiger partial charge in [0.25, 0.3) is 0 Å².